The van der Waals surface area contributed by atoms with E-state index >= 15 is 0 Å². The SMILES string of the molecule is C=COc1cc(-n2c(=O)cc(C(F)(F)F)[nH]c2=O)c(F)cc1Br. The number of alkyl halides is 3. The van der Waals surface area contributed by atoms with Gasteiger partial charge >= 0.3 is 11.9 Å². The highest BCUT2D eigenvalue weighted by atomic mass is 79.9. The highest BCUT2D eigenvalue weighted by Crippen LogP contribution is 2.30. The number of hydrogen-bond acceptors (Lipinski definition) is 3. The van der Waals surface area contributed by atoms with Gasteiger partial charge < -0.3 is 9.72 Å². The minimum Gasteiger partial charge on any atom is -0.464 e. The second kappa shape index (κ2) is 6.03. The third-order valence-electron chi connectivity index (χ3n) is 2.69. The van der Waals surface area contributed by atoms with Gasteiger partial charge in [0.1, 0.15) is 17.3 Å². The van der Waals surface area contributed by atoms with Crippen LogP contribution in [-0.2, 0) is 6.18 Å². The van der Waals surface area contributed by atoms with Gasteiger partial charge in [-0.15, -0.1) is 0 Å². The van der Waals surface area contributed by atoms with Gasteiger partial charge in [-0.25, -0.2) is 13.8 Å². The Kier molecular flexibility index (Phi) is 4.46. The summed E-state index contributed by atoms with van der Waals surface area (Å²) in [6, 6.07) is 2.04. The van der Waals surface area contributed by atoms with E-state index in [1.807, 2.05) is 0 Å². The molecule has 0 unspecified atom stereocenters. The van der Waals surface area contributed by atoms with Crippen LogP contribution in [0.2, 0.25) is 0 Å². The summed E-state index contributed by atoms with van der Waals surface area (Å²) >= 11 is 2.99. The lowest BCUT2D eigenvalue weighted by atomic mass is 10.2. The fourth-order valence-electron chi connectivity index (χ4n) is 1.75. The number of aromatic amines is 1. The molecule has 0 atom stereocenters. The standard InChI is InChI=1S/C13H7BrF4N2O3/c1-2-23-9-4-8(7(15)3-6(9)14)20-11(21)5-10(13(16,17)18)19-12(20)22/h2-5H,1H2,(H,19,22). The molecule has 5 nitrogen and oxygen atoms in total. The van der Waals surface area contributed by atoms with Gasteiger partial charge in [0.2, 0.25) is 0 Å². The van der Waals surface area contributed by atoms with Crippen LogP contribution in [0.25, 0.3) is 5.69 Å². The average Bonchev–Trinajstić information content (AvgIpc) is 2.41. The van der Waals surface area contributed by atoms with E-state index in [2.05, 4.69) is 22.5 Å². The Morgan fingerprint density at radius 2 is 1.91 bits per heavy atom. The molecule has 0 amide bonds. The normalized spacial score (nSPS) is 11.3. The minimum atomic E-state index is -4.91. The summed E-state index contributed by atoms with van der Waals surface area (Å²) in [6.45, 7) is 3.30. The summed E-state index contributed by atoms with van der Waals surface area (Å²) in [6.07, 6.45) is -3.89. The Balaban J connectivity index is 2.73. The van der Waals surface area contributed by atoms with Gasteiger partial charge in [0.15, 0.2) is 0 Å². The molecule has 23 heavy (non-hydrogen) atoms. The number of aromatic nitrogens is 2. The molecule has 10 heteroatoms. The second-order valence-corrected chi connectivity index (χ2v) is 5.03. The molecule has 2 rings (SSSR count). The molecule has 1 aromatic carbocycles. The number of H-pyrrole nitrogens is 1. The van der Waals surface area contributed by atoms with Crippen LogP contribution < -0.4 is 16.0 Å². The number of hydrogen-bond donors (Lipinski definition) is 1. The first kappa shape index (κ1) is 17.0. The van der Waals surface area contributed by atoms with Crippen molar-refractivity contribution in [2.24, 2.45) is 0 Å². The van der Waals surface area contributed by atoms with Crippen molar-refractivity contribution in [3.05, 3.63) is 67.9 Å². The lowest BCUT2D eigenvalue weighted by Gasteiger charge is -2.11. The number of halogens is 5. The molecular weight excluding hydrogens is 388 g/mol. The third-order valence-corrected chi connectivity index (χ3v) is 3.31. The number of benzene rings is 1. The first-order valence-corrected chi connectivity index (χ1v) is 6.65. The zero-order valence-corrected chi connectivity index (χ0v) is 12.7. The summed E-state index contributed by atoms with van der Waals surface area (Å²) in [7, 11) is 0. The van der Waals surface area contributed by atoms with Gasteiger partial charge in [0, 0.05) is 12.1 Å². The molecule has 2 aromatic rings. The molecule has 0 spiro atoms. The quantitative estimate of drug-likeness (QED) is 0.642. The minimum absolute atomic E-state index is 0.0163. The number of nitrogens with one attached hydrogen (secondary N) is 1. The molecule has 0 bridgehead atoms. The smallest absolute Gasteiger partial charge is 0.431 e. The van der Waals surface area contributed by atoms with Crippen molar-refractivity contribution in [3.63, 3.8) is 0 Å². The van der Waals surface area contributed by atoms with Crippen molar-refractivity contribution in [1.29, 1.82) is 0 Å². The Morgan fingerprint density at radius 1 is 1.26 bits per heavy atom. The van der Waals surface area contributed by atoms with E-state index in [1.54, 1.807) is 0 Å². The van der Waals surface area contributed by atoms with Crippen LogP contribution in [0.1, 0.15) is 5.69 Å². The first-order valence-electron chi connectivity index (χ1n) is 5.85. The molecule has 0 saturated heterocycles. The first-order chi connectivity index (χ1) is 10.6. The van der Waals surface area contributed by atoms with Crippen molar-refractivity contribution in [1.82, 2.24) is 9.55 Å². The predicted octanol–water partition coefficient (Wildman–Crippen LogP) is 2.97. The molecule has 0 aliphatic carbocycles. The molecule has 0 aliphatic rings. The molecule has 1 heterocycles. The van der Waals surface area contributed by atoms with Crippen LogP contribution in [0.5, 0.6) is 5.75 Å². The van der Waals surface area contributed by atoms with E-state index in [0.29, 0.717) is 0 Å². The third kappa shape index (κ3) is 3.36. The van der Waals surface area contributed by atoms with E-state index < -0.39 is 34.6 Å². The van der Waals surface area contributed by atoms with Crippen LogP contribution in [0.15, 0.2) is 45.1 Å². The molecule has 1 N–H and O–H groups in total. The van der Waals surface area contributed by atoms with Crippen molar-refractivity contribution in [3.8, 4) is 11.4 Å². The highest BCUT2D eigenvalue weighted by molar-refractivity contribution is 9.10. The van der Waals surface area contributed by atoms with Crippen molar-refractivity contribution in [2.75, 3.05) is 0 Å². The Labute approximate surface area is 134 Å². The Hall–Kier alpha value is -2.36. The monoisotopic (exact) mass is 394 g/mol. The zero-order chi connectivity index (χ0) is 17.4. The maximum atomic E-state index is 14.0. The Bertz CT molecular complexity index is 855. The van der Waals surface area contributed by atoms with Crippen molar-refractivity contribution < 1.29 is 22.3 Å². The zero-order valence-electron chi connectivity index (χ0n) is 11.1. The average molecular weight is 395 g/mol. The molecule has 1 aromatic heterocycles. The summed E-state index contributed by atoms with van der Waals surface area (Å²) in [5.41, 5.74) is -4.86. The predicted molar refractivity (Wildman–Crippen MR) is 76.1 cm³/mol. The molecule has 0 radical (unpaired) electrons. The molecule has 122 valence electrons. The van der Waals surface area contributed by atoms with E-state index in [4.69, 9.17) is 4.74 Å². The summed E-state index contributed by atoms with van der Waals surface area (Å²) in [4.78, 5) is 25.1. The fraction of sp³-hybridized carbons (Fsp3) is 0.0769. The maximum absolute atomic E-state index is 14.0. The lowest BCUT2D eigenvalue weighted by molar-refractivity contribution is -0.141. The topological polar surface area (TPSA) is 64.1 Å². The molecule has 0 saturated carbocycles. The van der Waals surface area contributed by atoms with Crippen LogP contribution in [0.4, 0.5) is 17.6 Å². The van der Waals surface area contributed by atoms with Gasteiger partial charge in [-0.05, 0) is 22.0 Å². The molecule has 0 fully saturated rings. The highest BCUT2D eigenvalue weighted by Gasteiger charge is 2.33. The maximum Gasteiger partial charge on any atom is 0.431 e. The summed E-state index contributed by atoms with van der Waals surface area (Å²) in [5.74, 6) is -0.997. The van der Waals surface area contributed by atoms with Gasteiger partial charge in [0.05, 0.1) is 16.4 Å². The van der Waals surface area contributed by atoms with Crippen LogP contribution in [0, 0.1) is 5.82 Å². The summed E-state index contributed by atoms with van der Waals surface area (Å²) < 4.78 is 57.0. The van der Waals surface area contributed by atoms with E-state index in [0.717, 1.165) is 18.4 Å². The van der Waals surface area contributed by atoms with Crippen LogP contribution in [-0.4, -0.2) is 9.55 Å². The van der Waals surface area contributed by atoms with Gasteiger partial charge in [-0.1, -0.05) is 6.58 Å². The molecular formula is C13H7BrF4N2O3. The van der Waals surface area contributed by atoms with Crippen molar-refractivity contribution >= 4 is 15.9 Å². The van der Waals surface area contributed by atoms with Crippen LogP contribution in [0.3, 0.4) is 0 Å². The number of ether oxygens (including phenoxy) is 1. The van der Waals surface area contributed by atoms with Gasteiger partial charge in [-0.2, -0.15) is 13.2 Å². The summed E-state index contributed by atoms with van der Waals surface area (Å²) in [5, 5.41) is 0. The van der Waals surface area contributed by atoms with E-state index in [1.165, 1.54) is 4.98 Å². The van der Waals surface area contributed by atoms with Gasteiger partial charge in [-0.3, -0.25) is 4.79 Å². The van der Waals surface area contributed by atoms with E-state index in [-0.39, 0.29) is 20.9 Å². The van der Waals surface area contributed by atoms with E-state index in [9.17, 15) is 27.2 Å². The number of nitrogens with zero attached hydrogens (tertiary/aromatic N) is 1. The second-order valence-electron chi connectivity index (χ2n) is 4.18. The molecule has 0 aliphatic heterocycles. The van der Waals surface area contributed by atoms with Crippen molar-refractivity contribution in [2.45, 2.75) is 6.18 Å². The Morgan fingerprint density at radius 3 is 2.43 bits per heavy atom. The lowest BCUT2D eigenvalue weighted by Crippen LogP contribution is -2.36. The van der Waals surface area contributed by atoms with Crippen LogP contribution >= 0.6 is 15.9 Å². The largest absolute Gasteiger partial charge is 0.464 e. The van der Waals surface area contributed by atoms with Gasteiger partial charge in [0.25, 0.3) is 5.56 Å². The number of rotatable bonds is 3. The fourth-order valence-corrected chi connectivity index (χ4v) is 2.15.